The highest BCUT2D eigenvalue weighted by Crippen LogP contribution is 2.19. The quantitative estimate of drug-likeness (QED) is 0.764. The first-order chi connectivity index (χ1) is 7.29. The van der Waals surface area contributed by atoms with Crippen LogP contribution in [0.2, 0.25) is 0 Å². The van der Waals surface area contributed by atoms with Crippen LogP contribution >= 0.6 is 0 Å². The van der Waals surface area contributed by atoms with E-state index in [-0.39, 0.29) is 5.91 Å². The van der Waals surface area contributed by atoms with E-state index in [2.05, 4.69) is 20.6 Å². The average molecular weight is 206 g/mol. The first-order valence-electron chi connectivity index (χ1n) is 5.16. The molecule has 15 heavy (non-hydrogen) atoms. The van der Waals surface area contributed by atoms with Crippen molar-refractivity contribution in [2.75, 3.05) is 11.9 Å². The SMILES string of the molecule is CCNc1cncc(C(=O)NC2CC2)n1. The highest BCUT2D eigenvalue weighted by atomic mass is 16.2. The summed E-state index contributed by atoms with van der Waals surface area (Å²) in [7, 11) is 0. The molecular formula is C10H14N4O. The molecule has 0 radical (unpaired) electrons. The predicted molar refractivity (Wildman–Crippen MR) is 56.7 cm³/mol. The fourth-order valence-corrected chi connectivity index (χ4v) is 1.23. The van der Waals surface area contributed by atoms with Crippen molar-refractivity contribution >= 4 is 11.7 Å². The zero-order chi connectivity index (χ0) is 10.7. The highest BCUT2D eigenvalue weighted by Gasteiger charge is 2.24. The molecule has 0 saturated heterocycles. The molecule has 0 aliphatic heterocycles. The summed E-state index contributed by atoms with van der Waals surface area (Å²) in [6.45, 7) is 2.74. The Morgan fingerprint density at radius 3 is 3.00 bits per heavy atom. The summed E-state index contributed by atoms with van der Waals surface area (Å²) in [5.41, 5.74) is 0.375. The van der Waals surface area contributed by atoms with Crippen LogP contribution in [0.5, 0.6) is 0 Å². The van der Waals surface area contributed by atoms with Crippen molar-refractivity contribution in [2.45, 2.75) is 25.8 Å². The van der Waals surface area contributed by atoms with Gasteiger partial charge in [0.1, 0.15) is 11.5 Å². The Morgan fingerprint density at radius 2 is 2.33 bits per heavy atom. The highest BCUT2D eigenvalue weighted by molar-refractivity contribution is 5.92. The van der Waals surface area contributed by atoms with E-state index in [1.807, 2.05) is 6.92 Å². The fraction of sp³-hybridized carbons (Fsp3) is 0.500. The van der Waals surface area contributed by atoms with Crippen LogP contribution in [0.15, 0.2) is 12.4 Å². The summed E-state index contributed by atoms with van der Waals surface area (Å²) in [6.07, 6.45) is 5.24. The van der Waals surface area contributed by atoms with E-state index in [0.717, 1.165) is 19.4 Å². The number of carbonyl (C=O) groups is 1. The molecule has 0 bridgehead atoms. The van der Waals surface area contributed by atoms with Gasteiger partial charge in [0.2, 0.25) is 0 Å². The van der Waals surface area contributed by atoms with E-state index in [0.29, 0.717) is 17.6 Å². The Labute approximate surface area is 88.3 Å². The Balaban J connectivity index is 2.05. The van der Waals surface area contributed by atoms with Crippen molar-refractivity contribution in [1.82, 2.24) is 15.3 Å². The molecule has 0 atom stereocenters. The van der Waals surface area contributed by atoms with Gasteiger partial charge >= 0.3 is 0 Å². The topological polar surface area (TPSA) is 66.9 Å². The third-order valence-electron chi connectivity index (χ3n) is 2.14. The van der Waals surface area contributed by atoms with Crippen molar-refractivity contribution in [3.05, 3.63) is 18.1 Å². The fourth-order valence-electron chi connectivity index (χ4n) is 1.23. The smallest absolute Gasteiger partial charge is 0.271 e. The van der Waals surface area contributed by atoms with Crippen LogP contribution in [0, 0.1) is 0 Å². The van der Waals surface area contributed by atoms with Gasteiger partial charge in [0.25, 0.3) is 5.91 Å². The van der Waals surface area contributed by atoms with Crippen LogP contribution in [-0.4, -0.2) is 28.5 Å². The van der Waals surface area contributed by atoms with Gasteiger partial charge in [-0.2, -0.15) is 0 Å². The first kappa shape index (κ1) is 9.89. The van der Waals surface area contributed by atoms with Crippen LogP contribution in [0.3, 0.4) is 0 Å². The maximum Gasteiger partial charge on any atom is 0.271 e. The normalized spacial score (nSPS) is 14.7. The Kier molecular flexibility index (Phi) is 2.80. The summed E-state index contributed by atoms with van der Waals surface area (Å²) in [5, 5.41) is 5.89. The van der Waals surface area contributed by atoms with Gasteiger partial charge < -0.3 is 10.6 Å². The lowest BCUT2D eigenvalue weighted by molar-refractivity contribution is 0.0946. The van der Waals surface area contributed by atoms with Crippen LogP contribution < -0.4 is 10.6 Å². The first-order valence-corrected chi connectivity index (χ1v) is 5.16. The van der Waals surface area contributed by atoms with Crippen molar-refractivity contribution in [2.24, 2.45) is 0 Å². The number of nitrogens with one attached hydrogen (secondary N) is 2. The molecule has 1 aromatic heterocycles. The van der Waals surface area contributed by atoms with Crippen molar-refractivity contribution in [1.29, 1.82) is 0 Å². The monoisotopic (exact) mass is 206 g/mol. The number of rotatable bonds is 4. The molecule has 1 amide bonds. The van der Waals surface area contributed by atoms with Gasteiger partial charge in [-0.05, 0) is 19.8 Å². The van der Waals surface area contributed by atoms with E-state index in [1.54, 1.807) is 6.20 Å². The van der Waals surface area contributed by atoms with Crippen LogP contribution in [-0.2, 0) is 0 Å². The largest absolute Gasteiger partial charge is 0.369 e. The lowest BCUT2D eigenvalue weighted by Crippen LogP contribution is -2.26. The zero-order valence-corrected chi connectivity index (χ0v) is 8.66. The van der Waals surface area contributed by atoms with E-state index >= 15 is 0 Å². The number of nitrogens with zero attached hydrogens (tertiary/aromatic N) is 2. The molecule has 1 fully saturated rings. The van der Waals surface area contributed by atoms with Crippen molar-refractivity contribution in [3.63, 3.8) is 0 Å². The molecule has 1 aromatic rings. The number of anilines is 1. The molecule has 2 N–H and O–H groups in total. The van der Waals surface area contributed by atoms with Crippen LogP contribution in [0.25, 0.3) is 0 Å². The summed E-state index contributed by atoms with van der Waals surface area (Å²) in [6, 6.07) is 0.349. The summed E-state index contributed by atoms with van der Waals surface area (Å²) in [4.78, 5) is 19.7. The predicted octanol–water partition coefficient (Wildman–Crippen LogP) is 0.801. The van der Waals surface area contributed by atoms with Gasteiger partial charge in [-0.3, -0.25) is 9.78 Å². The van der Waals surface area contributed by atoms with E-state index < -0.39 is 0 Å². The van der Waals surface area contributed by atoms with Gasteiger partial charge in [0.05, 0.1) is 12.4 Å². The third kappa shape index (κ3) is 2.65. The molecule has 2 rings (SSSR count). The third-order valence-corrected chi connectivity index (χ3v) is 2.14. The minimum absolute atomic E-state index is 0.134. The van der Waals surface area contributed by atoms with Crippen LogP contribution in [0.4, 0.5) is 5.82 Å². The Hall–Kier alpha value is -1.65. The van der Waals surface area contributed by atoms with E-state index in [9.17, 15) is 4.79 Å². The molecule has 1 heterocycles. The van der Waals surface area contributed by atoms with Gasteiger partial charge in [-0.1, -0.05) is 0 Å². The maximum atomic E-state index is 11.6. The van der Waals surface area contributed by atoms with Gasteiger partial charge in [-0.15, -0.1) is 0 Å². The molecule has 1 aliphatic rings. The number of hydrogen-bond donors (Lipinski definition) is 2. The molecule has 5 nitrogen and oxygen atoms in total. The van der Waals surface area contributed by atoms with Gasteiger partial charge in [-0.25, -0.2) is 4.98 Å². The molecule has 1 aliphatic carbocycles. The number of aromatic nitrogens is 2. The minimum atomic E-state index is -0.134. The minimum Gasteiger partial charge on any atom is -0.369 e. The molecule has 1 saturated carbocycles. The standard InChI is InChI=1S/C10H14N4O/c1-2-12-9-6-11-5-8(14-9)10(15)13-7-3-4-7/h5-7H,2-4H2,1H3,(H,12,14)(H,13,15). The second-order valence-corrected chi connectivity index (χ2v) is 3.57. The summed E-state index contributed by atoms with van der Waals surface area (Å²) >= 11 is 0. The molecule has 0 aromatic carbocycles. The number of amides is 1. The summed E-state index contributed by atoms with van der Waals surface area (Å²) in [5.74, 6) is 0.505. The summed E-state index contributed by atoms with van der Waals surface area (Å²) < 4.78 is 0. The lowest BCUT2D eigenvalue weighted by Gasteiger charge is -2.04. The molecule has 80 valence electrons. The van der Waals surface area contributed by atoms with E-state index in [4.69, 9.17) is 0 Å². The second kappa shape index (κ2) is 4.25. The van der Waals surface area contributed by atoms with E-state index in [1.165, 1.54) is 6.20 Å². The maximum absolute atomic E-state index is 11.6. The van der Waals surface area contributed by atoms with Crippen molar-refractivity contribution in [3.8, 4) is 0 Å². The van der Waals surface area contributed by atoms with Crippen LogP contribution in [0.1, 0.15) is 30.3 Å². The average Bonchev–Trinajstić information content (AvgIpc) is 3.03. The Morgan fingerprint density at radius 1 is 1.53 bits per heavy atom. The number of carbonyl (C=O) groups excluding carboxylic acids is 1. The van der Waals surface area contributed by atoms with Crippen molar-refractivity contribution < 1.29 is 4.79 Å². The van der Waals surface area contributed by atoms with Gasteiger partial charge in [0, 0.05) is 12.6 Å². The Bertz CT molecular complexity index is 362. The lowest BCUT2D eigenvalue weighted by atomic mass is 10.4. The molecular weight excluding hydrogens is 192 g/mol. The number of hydrogen-bond acceptors (Lipinski definition) is 4. The molecule has 0 spiro atoms. The zero-order valence-electron chi connectivity index (χ0n) is 8.66. The molecule has 5 heteroatoms. The van der Waals surface area contributed by atoms with Gasteiger partial charge in [0.15, 0.2) is 0 Å². The molecule has 0 unspecified atom stereocenters. The second-order valence-electron chi connectivity index (χ2n) is 3.57.